The van der Waals surface area contributed by atoms with Crippen molar-refractivity contribution >= 4 is 5.91 Å². The van der Waals surface area contributed by atoms with E-state index in [1.165, 1.54) is 4.90 Å². The molecule has 1 amide bonds. The van der Waals surface area contributed by atoms with Crippen LogP contribution in [0.4, 0.5) is 8.78 Å². The lowest BCUT2D eigenvalue weighted by Gasteiger charge is -2.25. The minimum Gasteiger partial charge on any atom is -0.339 e. The number of carbonyl (C=O) groups is 1. The maximum absolute atomic E-state index is 13.9. The van der Waals surface area contributed by atoms with Crippen molar-refractivity contribution in [2.24, 2.45) is 0 Å². The van der Waals surface area contributed by atoms with Crippen LogP contribution in [0.5, 0.6) is 0 Å². The Labute approximate surface area is 154 Å². The molecule has 3 rings (SSSR count). The van der Waals surface area contributed by atoms with Crippen molar-refractivity contribution in [3.05, 3.63) is 65.8 Å². The van der Waals surface area contributed by atoms with Gasteiger partial charge in [0.2, 0.25) is 17.6 Å². The molecule has 0 saturated heterocycles. The molecule has 8 heteroatoms. The number of pyridine rings is 1. The van der Waals surface area contributed by atoms with E-state index < -0.39 is 17.7 Å². The van der Waals surface area contributed by atoms with E-state index in [2.05, 4.69) is 15.1 Å². The van der Waals surface area contributed by atoms with Crippen molar-refractivity contribution in [3.63, 3.8) is 0 Å². The number of rotatable bonds is 6. The normalized spacial score (nSPS) is 12.0. The summed E-state index contributed by atoms with van der Waals surface area (Å²) < 4.78 is 32.5. The fourth-order valence-corrected chi connectivity index (χ4v) is 2.62. The number of halogens is 2. The molecule has 140 valence electrons. The first-order valence-corrected chi connectivity index (χ1v) is 8.39. The number of hydrogen-bond acceptors (Lipinski definition) is 5. The Kier molecular flexibility index (Phi) is 5.54. The number of hydrogen-bond donors (Lipinski definition) is 0. The first kappa shape index (κ1) is 18.6. The van der Waals surface area contributed by atoms with Gasteiger partial charge in [-0.1, -0.05) is 5.16 Å². The first-order valence-electron chi connectivity index (χ1n) is 8.39. The molecule has 27 heavy (non-hydrogen) atoms. The number of carbonyl (C=O) groups excluding carboxylic acids is 1. The third-order valence-electron chi connectivity index (χ3n) is 4.32. The molecule has 2 heterocycles. The Bertz CT molecular complexity index is 930. The molecule has 0 N–H and O–H groups in total. The van der Waals surface area contributed by atoms with Crippen LogP contribution in [0.15, 0.2) is 47.2 Å². The van der Waals surface area contributed by atoms with Gasteiger partial charge in [-0.05, 0) is 37.3 Å². The van der Waals surface area contributed by atoms with Gasteiger partial charge in [-0.15, -0.1) is 0 Å². The highest BCUT2D eigenvalue weighted by Gasteiger charge is 2.21. The molecule has 0 spiro atoms. The van der Waals surface area contributed by atoms with Crippen molar-refractivity contribution in [1.82, 2.24) is 20.0 Å². The standard InChI is InChI=1S/C19H18F2N4O2/c1-12(15-10-14(20)5-6-16(15)21)25(2)18(26)8-7-17-23-19(24-27-17)13-4-3-9-22-11-13/h3-6,9-12H,7-8H2,1-2H3. The lowest BCUT2D eigenvalue weighted by atomic mass is 10.1. The maximum Gasteiger partial charge on any atom is 0.227 e. The summed E-state index contributed by atoms with van der Waals surface area (Å²) in [5.41, 5.74) is 0.841. The van der Waals surface area contributed by atoms with Crippen molar-refractivity contribution in [2.75, 3.05) is 7.05 Å². The lowest BCUT2D eigenvalue weighted by molar-refractivity contribution is -0.131. The molecule has 1 aromatic carbocycles. The summed E-state index contributed by atoms with van der Waals surface area (Å²) in [6.45, 7) is 1.64. The Morgan fingerprint density at radius 3 is 2.85 bits per heavy atom. The molecule has 1 atom stereocenters. The number of aromatic nitrogens is 3. The number of benzene rings is 1. The van der Waals surface area contributed by atoms with Crippen molar-refractivity contribution in [3.8, 4) is 11.4 Å². The van der Waals surface area contributed by atoms with Gasteiger partial charge >= 0.3 is 0 Å². The zero-order chi connectivity index (χ0) is 19.4. The molecule has 2 aromatic heterocycles. The predicted octanol–water partition coefficient (Wildman–Crippen LogP) is 3.56. The van der Waals surface area contributed by atoms with Crippen LogP contribution in [0.25, 0.3) is 11.4 Å². The fourth-order valence-electron chi connectivity index (χ4n) is 2.62. The first-order chi connectivity index (χ1) is 13.0. The van der Waals surface area contributed by atoms with E-state index in [1.54, 1.807) is 38.5 Å². The van der Waals surface area contributed by atoms with Crippen LogP contribution in [0, 0.1) is 11.6 Å². The topological polar surface area (TPSA) is 72.1 Å². The molecular formula is C19H18F2N4O2. The molecule has 3 aromatic rings. The monoisotopic (exact) mass is 372 g/mol. The van der Waals surface area contributed by atoms with E-state index in [9.17, 15) is 13.6 Å². The lowest BCUT2D eigenvalue weighted by Crippen LogP contribution is -2.30. The number of nitrogens with zero attached hydrogens (tertiary/aromatic N) is 4. The minimum absolute atomic E-state index is 0.104. The predicted molar refractivity (Wildman–Crippen MR) is 93.4 cm³/mol. The summed E-state index contributed by atoms with van der Waals surface area (Å²) >= 11 is 0. The van der Waals surface area contributed by atoms with E-state index >= 15 is 0 Å². The SMILES string of the molecule is CC(c1cc(F)ccc1F)N(C)C(=O)CCc1nc(-c2cccnc2)no1. The Hall–Kier alpha value is -3.16. The third-order valence-corrected chi connectivity index (χ3v) is 4.32. The fraction of sp³-hybridized carbons (Fsp3) is 0.263. The molecule has 0 radical (unpaired) electrons. The van der Waals surface area contributed by atoms with Gasteiger partial charge in [-0.25, -0.2) is 8.78 Å². The Morgan fingerprint density at radius 2 is 2.11 bits per heavy atom. The zero-order valence-electron chi connectivity index (χ0n) is 14.9. The van der Waals surface area contributed by atoms with Gasteiger partial charge in [-0.2, -0.15) is 4.98 Å². The van der Waals surface area contributed by atoms with Crippen LogP contribution in [-0.2, 0) is 11.2 Å². The van der Waals surface area contributed by atoms with Gasteiger partial charge in [-0.3, -0.25) is 9.78 Å². The molecule has 0 aliphatic carbocycles. The van der Waals surface area contributed by atoms with Crippen LogP contribution in [-0.4, -0.2) is 33.0 Å². The van der Waals surface area contributed by atoms with E-state index in [4.69, 9.17) is 4.52 Å². The van der Waals surface area contributed by atoms with E-state index in [0.29, 0.717) is 17.3 Å². The summed E-state index contributed by atoms with van der Waals surface area (Å²) in [5.74, 6) is -0.629. The van der Waals surface area contributed by atoms with Crippen LogP contribution < -0.4 is 0 Å². The zero-order valence-corrected chi connectivity index (χ0v) is 14.9. The van der Waals surface area contributed by atoms with E-state index in [0.717, 1.165) is 18.2 Å². The van der Waals surface area contributed by atoms with E-state index in [-0.39, 0.29) is 24.3 Å². The smallest absolute Gasteiger partial charge is 0.227 e. The van der Waals surface area contributed by atoms with Crippen molar-refractivity contribution in [1.29, 1.82) is 0 Å². The average molecular weight is 372 g/mol. The van der Waals surface area contributed by atoms with Gasteiger partial charge in [0.1, 0.15) is 11.6 Å². The van der Waals surface area contributed by atoms with Gasteiger partial charge in [0, 0.05) is 43.4 Å². The number of amides is 1. The molecule has 6 nitrogen and oxygen atoms in total. The molecule has 0 saturated carbocycles. The van der Waals surface area contributed by atoms with Gasteiger partial charge in [0.15, 0.2) is 0 Å². The van der Waals surface area contributed by atoms with Gasteiger partial charge in [0.05, 0.1) is 6.04 Å². The van der Waals surface area contributed by atoms with Crippen LogP contribution in [0.2, 0.25) is 0 Å². The van der Waals surface area contributed by atoms with Crippen molar-refractivity contribution in [2.45, 2.75) is 25.8 Å². The summed E-state index contributed by atoms with van der Waals surface area (Å²) in [4.78, 5) is 22.0. The second-order valence-corrected chi connectivity index (χ2v) is 6.10. The Balaban J connectivity index is 1.62. The average Bonchev–Trinajstić information content (AvgIpc) is 3.16. The second-order valence-electron chi connectivity index (χ2n) is 6.10. The van der Waals surface area contributed by atoms with Crippen LogP contribution in [0.3, 0.4) is 0 Å². The molecule has 0 fully saturated rings. The Morgan fingerprint density at radius 1 is 1.30 bits per heavy atom. The molecule has 0 aliphatic rings. The number of aryl methyl sites for hydroxylation is 1. The van der Waals surface area contributed by atoms with Gasteiger partial charge in [0.25, 0.3) is 0 Å². The van der Waals surface area contributed by atoms with Crippen LogP contribution in [0.1, 0.15) is 30.8 Å². The summed E-state index contributed by atoms with van der Waals surface area (Å²) in [6.07, 6.45) is 3.60. The quantitative estimate of drug-likeness (QED) is 0.662. The summed E-state index contributed by atoms with van der Waals surface area (Å²) in [7, 11) is 1.55. The van der Waals surface area contributed by atoms with E-state index in [1.807, 2.05) is 0 Å². The summed E-state index contributed by atoms with van der Waals surface area (Å²) in [5, 5.41) is 3.87. The third kappa shape index (κ3) is 4.33. The largest absolute Gasteiger partial charge is 0.339 e. The highest BCUT2D eigenvalue weighted by molar-refractivity contribution is 5.76. The molecule has 0 aliphatic heterocycles. The highest BCUT2D eigenvalue weighted by Crippen LogP contribution is 2.23. The minimum atomic E-state index is -0.609. The molecule has 0 bridgehead atoms. The van der Waals surface area contributed by atoms with Crippen LogP contribution >= 0.6 is 0 Å². The van der Waals surface area contributed by atoms with Crippen molar-refractivity contribution < 1.29 is 18.1 Å². The highest BCUT2D eigenvalue weighted by atomic mass is 19.1. The maximum atomic E-state index is 13.9. The van der Waals surface area contributed by atoms with Gasteiger partial charge < -0.3 is 9.42 Å². The summed E-state index contributed by atoms with van der Waals surface area (Å²) in [6, 6.07) is 6.15. The second kappa shape index (κ2) is 8.03. The molecular weight excluding hydrogens is 354 g/mol. The molecule has 1 unspecified atom stereocenters.